The molecule has 2 aliphatic rings. The Morgan fingerprint density at radius 3 is 2.48 bits per heavy atom. The number of ether oxygens (including phenoxy) is 1. The van der Waals surface area contributed by atoms with Gasteiger partial charge in [-0.1, -0.05) is 35.5 Å². The average molecular weight is 386 g/mol. The molecule has 6 nitrogen and oxygen atoms in total. The molecule has 0 aromatic heterocycles. The van der Waals surface area contributed by atoms with Crippen LogP contribution in [0.3, 0.4) is 0 Å². The molecular weight excluding hydrogens is 368 g/mol. The number of fused-ring (bicyclic) bond motifs is 1. The number of benzene rings is 3. The van der Waals surface area contributed by atoms with E-state index in [0.29, 0.717) is 11.4 Å². The SMILES string of the molecule is COc1ccc(C2=NOC3(CC(=O)N(c4ccc5ccccc5c4)C3=O)C2)cc1. The third-order valence-corrected chi connectivity index (χ3v) is 5.48. The van der Waals surface area contributed by atoms with Gasteiger partial charge in [0, 0.05) is 6.42 Å². The first-order valence-corrected chi connectivity index (χ1v) is 9.35. The summed E-state index contributed by atoms with van der Waals surface area (Å²) in [5.74, 6) is 0.0825. The van der Waals surface area contributed by atoms with Crippen molar-refractivity contribution in [3.05, 3.63) is 72.3 Å². The predicted molar refractivity (Wildman–Crippen MR) is 109 cm³/mol. The highest BCUT2D eigenvalue weighted by atomic mass is 16.7. The van der Waals surface area contributed by atoms with E-state index in [0.717, 1.165) is 22.1 Å². The third-order valence-electron chi connectivity index (χ3n) is 5.48. The number of imide groups is 1. The van der Waals surface area contributed by atoms with Gasteiger partial charge in [-0.05, 0) is 52.7 Å². The second-order valence-electron chi connectivity index (χ2n) is 7.27. The van der Waals surface area contributed by atoms with E-state index in [9.17, 15) is 9.59 Å². The summed E-state index contributed by atoms with van der Waals surface area (Å²) in [5.41, 5.74) is 0.774. The highest BCUT2D eigenvalue weighted by molar-refractivity contribution is 6.26. The minimum atomic E-state index is -1.27. The van der Waals surface area contributed by atoms with Gasteiger partial charge in [0.25, 0.3) is 5.91 Å². The van der Waals surface area contributed by atoms with Crippen LogP contribution in [0.2, 0.25) is 0 Å². The minimum absolute atomic E-state index is 0.0260. The summed E-state index contributed by atoms with van der Waals surface area (Å²) >= 11 is 0. The first-order valence-electron chi connectivity index (χ1n) is 9.35. The fourth-order valence-corrected chi connectivity index (χ4v) is 3.92. The van der Waals surface area contributed by atoms with Crippen molar-refractivity contribution in [3.63, 3.8) is 0 Å². The molecule has 2 heterocycles. The molecule has 0 saturated carbocycles. The maximum Gasteiger partial charge on any atom is 0.281 e. The molecule has 6 heteroatoms. The van der Waals surface area contributed by atoms with Gasteiger partial charge < -0.3 is 9.57 Å². The van der Waals surface area contributed by atoms with Crippen molar-refractivity contribution in [3.8, 4) is 5.75 Å². The predicted octanol–water partition coefficient (Wildman–Crippen LogP) is 3.68. The number of carbonyl (C=O) groups is 2. The Bertz CT molecular complexity index is 1170. The molecule has 0 N–H and O–H groups in total. The van der Waals surface area contributed by atoms with Crippen molar-refractivity contribution in [1.29, 1.82) is 0 Å². The summed E-state index contributed by atoms with van der Waals surface area (Å²) in [4.78, 5) is 32.8. The fourth-order valence-electron chi connectivity index (χ4n) is 3.92. The van der Waals surface area contributed by atoms with Crippen molar-refractivity contribution >= 4 is 34.0 Å². The van der Waals surface area contributed by atoms with Crippen LogP contribution in [-0.2, 0) is 14.4 Å². The molecule has 0 bridgehead atoms. The second-order valence-corrected chi connectivity index (χ2v) is 7.27. The van der Waals surface area contributed by atoms with E-state index < -0.39 is 5.60 Å². The number of oxime groups is 1. The molecule has 1 spiro atoms. The van der Waals surface area contributed by atoms with Gasteiger partial charge >= 0.3 is 0 Å². The summed E-state index contributed by atoms with van der Waals surface area (Å²) in [6.45, 7) is 0. The van der Waals surface area contributed by atoms with Gasteiger partial charge in [-0.25, -0.2) is 4.90 Å². The van der Waals surface area contributed by atoms with Crippen LogP contribution >= 0.6 is 0 Å². The zero-order chi connectivity index (χ0) is 20.0. The molecule has 3 aromatic rings. The van der Waals surface area contributed by atoms with Gasteiger partial charge in [0.2, 0.25) is 11.5 Å². The van der Waals surface area contributed by atoms with Crippen LogP contribution in [0.25, 0.3) is 10.8 Å². The average Bonchev–Trinajstić information content (AvgIpc) is 3.28. The summed E-state index contributed by atoms with van der Waals surface area (Å²) in [6, 6.07) is 20.7. The highest BCUT2D eigenvalue weighted by Crippen LogP contribution is 2.40. The molecule has 0 aliphatic carbocycles. The van der Waals surface area contributed by atoms with Crippen LogP contribution in [0.5, 0.6) is 5.75 Å². The molecule has 1 saturated heterocycles. The highest BCUT2D eigenvalue weighted by Gasteiger charge is 2.58. The lowest BCUT2D eigenvalue weighted by molar-refractivity contribution is -0.136. The molecule has 2 aliphatic heterocycles. The minimum Gasteiger partial charge on any atom is -0.497 e. The summed E-state index contributed by atoms with van der Waals surface area (Å²) in [6.07, 6.45) is 0.232. The first-order chi connectivity index (χ1) is 14.1. The Kier molecular flexibility index (Phi) is 3.87. The number of rotatable bonds is 3. The van der Waals surface area contributed by atoms with E-state index in [1.807, 2.05) is 60.7 Å². The molecule has 5 rings (SSSR count). The Labute approximate surface area is 167 Å². The van der Waals surface area contributed by atoms with Crippen molar-refractivity contribution in [1.82, 2.24) is 0 Å². The lowest BCUT2D eigenvalue weighted by atomic mass is 9.92. The van der Waals surface area contributed by atoms with E-state index >= 15 is 0 Å². The molecule has 0 radical (unpaired) electrons. The number of hydrogen-bond donors (Lipinski definition) is 0. The zero-order valence-electron chi connectivity index (χ0n) is 15.8. The lowest BCUT2D eigenvalue weighted by Crippen LogP contribution is -2.40. The van der Waals surface area contributed by atoms with E-state index in [1.165, 1.54) is 4.90 Å². The van der Waals surface area contributed by atoms with E-state index in [4.69, 9.17) is 9.57 Å². The summed E-state index contributed by atoms with van der Waals surface area (Å²) < 4.78 is 5.17. The van der Waals surface area contributed by atoms with Gasteiger partial charge in [-0.2, -0.15) is 0 Å². The number of amides is 2. The summed E-state index contributed by atoms with van der Waals surface area (Å²) in [7, 11) is 1.60. The van der Waals surface area contributed by atoms with Crippen LogP contribution in [0.15, 0.2) is 71.9 Å². The number of nitrogens with zero attached hydrogens (tertiary/aromatic N) is 2. The van der Waals surface area contributed by atoms with Crippen molar-refractivity contribution in [2.45, 2.75) is 18.4 Å². The van der Waals surface area contributed by atoms with Gasteiger partial charge in [0.1, 0.15) is 5.75 Å². The van der Waals surface area contributed by atoms with Crippen molar-refractivity contribution < 1.29 is 19.2 Å². The van der Waals surface area contributed by atoms with Gasteiger partial charge in [-0.3, -0.25) is 9.59 Å². The smallest absolute Gasteiger partial charge is 0.281 e. The first kappa shape index (κ1) is 17.4. The number of anilines is 1. The number of hydrogen-bond acceptors (Lipinski definition) is 5. The Morgan fingerprint density at radius 2 is 1.72 bits per heavy atom. The Morgan fingerprint density at radius 1 is 0.966 bits per heavy atom. The van der Waals surface area contributed by atoms with Crippen molar-refractivity contribution in [2.75, 3.05) is 12.0 Å². The molecule has 1 atom stereocenters. The maximum atomic E-state index is 13.2. The fraction of sp³-hybridized carbons (Fsp3) is 0.174. The maximum absolute atomic E-state index is 13.2. The third kappa shape index (κ3) is 2.76. The molecule has 29 heavy (non-hydrogen) atoms. The van der Waals surface area contributed by atoms with Crippen molar-refractivity contribution in [2.24, 2.45) is 5.16 Å². The molecule has 1 unspecified atom stereocenters. The van der Waals surface area contributed by atoms with Crippen LogP contribution < -0.4 is 9.64 Å². The monoisotopic (exact) mass is 386 g/mol. The van der Waals surface area contributed by atoms with Crippen LogP contribution in [0.4, 0.5) is 5.69 Å². The Hall–Kier alpha value is -3.67. The number of methoxy groups -OCH3 is 1. The van der Waals surface area contributed by atoms with Crippen LogP contribution in [-0.4, -0.2) is 30.2 Å². The quantitative estimate of drug-likeness (QED) is 0.644. The van der Waals surface area contributed by atoms with Gasteiger partial charge in [0.15, 0.2) is 0 Å². The molecule has 3 aromatic carbocycles. The van der Waals surface area contributed by atoms with Crippen LogP contribution in [0.1, 0.15) is 18.4 Å². The normalized spacial score (nSPS) is 21.0. The largest absolute Gasteiger partial charge is 0.497 e. The van der Waals surface area contributed by atoms with Crippen LogP contribution in [0, 0.1) is 0 Å². The molecule has 1 fully saturated rings. The topological polar surface area (TPSA) is 68.2 Å². The summed E-state index contributed by atoms with van der Waals surface area (Å²) in [5, 5.41) is 6.15. The molecule has 144 valence electrons. The van der Waals surface area contributed by atoms with E-state index in [1.54, 1.807) is 13.2 Å². The van der Waals surface area contributed by atoms with Gasteiger partial charge in [0.05, 0.1) is 24.9 Å². The second kappa shape index (κ2) is 6.44. The molecular formula is C23H18N2O4. The number of carbonyl (C=O) groups excluding carboxylic acids is 2. The zero-order valence-corrected chi connectivity index (χ0v) is 15.8. The van der Waals surface area contributed by atoms with Gasteiger partial charge in [-0.15, -0.1) is 0 Å². The Balaban J connectivity index is 1.43. The van der Waals surface area contributed by atoms with E-state index in [2.05, 4.69) is 5.16 Å². The lowest BCUT2D eigenvalue weighted by Gasteiger charge is -2.19. The standard InChI is InChI=1S/C23H18N2O4/c1-28-19-10-7-16(8-11-19)20-13-23(29-24-20)14-21(26)25(22(23)27)18-9-6-15-4-2-3-5-17(15)12-18/h2-12H,13-14H2,1H3. The molecule has 2 amide bonds. The van der Waals surface area contributed by atoms with E-state index in [-0.39, 0.29) is 24.7 Å².